The van der Waals surface area contributed by atoms with Gasteiger partial charge in [0.25, 0.3) is 0 Å². The number of isothiocyanates is 1. The van der Waals surface area contributed by atoms with Gasteiger partial charge in [0.2, 0.25) is 0 Å². The third-order valence-electron chi connectivity index (χ3n) is 1.91. The fraction of sp³-hybridized carbons (Fsp3) is 0.875. The van der Waals surface area contributed by atoms with Gasteiger partial charge in [-0.15, -0.1) is 0 Å². The Kier molecular flexibility index (Phi) is 2.77. The van der Waals surface area contributed by atoms with Gasteiger partial charge in [-0.25, -0.2) is 4.99 Å². The van der Waals surface area contributed by atoms with E-state index in [0.29, 0.717) is 6.04 Å². The third kappa shape index (κ3) is 2.70. The molecule has 0 amide bonds. The molecule has 0 saturated carbocycles. The minimum atomic E-state index is -0.0292. The molecule has 0 aliphatic carbocycles. The van der Waals surface area contributed by atoms with Crippen LogP contribution in [0.15, 0.2) is 4.99 Å². The van der Waals surface area contributed by atoms with Crippen LogP contribution in [0.4, 0.5) is 0 Å². The van der Waals surface area contributed by atoms with E-state index in [0.717, 1.165) is 19.4 Å². The lowest BCUT2D eigenvalue weighted by Gasteiger charge is -2.33. The highest BCUT2D eigenvalue weighted by molar-refractivity contribution is 7.78. The number of hydrogen-bond donors (Lipinski definition) is 0. The highest BCUT2D eigenvalue weighted by Crippen LogP contribution is 2.25. The average Bonchev–Trinajstić information content (AvgIpc) is 1.85. The van der Waals surface area contributed by atoms with E-state index in [-0.39, 0.29) is 5.60 Å². The molecule has 1 atom stereocenters. The fourth-order valence-corrected chi connectivity index (χ4v) is 1.53. The quantitative estimate of drug-likeness (QED) is 0.445. The number of thiocarbonyl (C=S) groups is 1. The van der Waals surface area contributed by atoms with Crippen LogP contribution in [-0.2, 0) is 4.74 Å². The number of hydrogen-bond acceptors (Lipinski definition) is 3. The second kappa shape index (κ2) is 3.44. The van der Waals surface area contributed by atoms with Gasteiger partial charge in [0, 0.05) is 6.61 Å². The van der Waals surface area contributed by atoms with Gasteiger partial charge in [-0.3, -0.25) is 0 Å². The van der Waals surface area contributed by atoms with Crippen molar-refractivity contribution < 1.29 is 4.74 Å². The molecule has 1 aliphatic rings. The molecule has 1 heterocycles. The summed E-state index contributed by atoms with van der Waals surface area (Å²) in [6, 6.07) is 0.330. The molecule has 11 heavy (non-hydrogen) atoms. The monoisotopic (exact) mass is 171 g/mol. The van der Waals surface area contributed by atoms with Gasteiger partial charge in [-0.2, -0.15) is 0 Å². The van der Waals surface area contributed by atoms with E-state index in [2.05, 4.69) is 36.2 Å². The maximum Gasteiger partial charge on any atom is 0.0651 e. The van der Waals surface area contributed by atoms with Gasteiger partial charge in [-0.1, -0.05) is 0 Å². The Balaban J connectivity index is 2.52. The van der Waals surface area contributed by atoms with Crippen molar-refractivity contribution in [1.82, 2.24) is 0 Å². The van der Waals surface area contributed by atoms with Crippen LogP contribution >= 0.6 is 12.2 Å². The van der Waals surface area contributed by atoms with Gasteiger partial charge in [-0.05, 0) is 38.9 Å². The molecule has 3 heteroatoms. The molecule has 0 aromatic rings. The van der Waals surface area contributed by atoms with Gasteiger partial charge >= 0.3 is 0 Å². The molecule has 2 nitrogen and oxygen atoms in total. The van der Waals surface area contributed by atoms with Crippen molar-refractivity contribution in [1.29, 1.82) is 0 Å². The lowest BCUT2D eigenvalue weighted by molar-refractivity contribution is -0.0574. The maximum atomic E-state index is 5.52. The molecule has 1 saturated heterocycles. The van der Waals surface area contributed by atoms with Crippen LogP contribution in [0.25, 0.3) is 0 Å². The Labute approximate surface area is 72.7 Å². The highest BCUT2D eigenvalue weighted by atomic mass is 32.1. The Hall–Kier alpha value is -0.240. The first-order chi connectivity index (χ1) is 5.14. The minimum absolute atomic E-state index is 0.0292. The smallest absolute Gasteiger partial charge is 0.0651 e. The average molecular weight is 171 g/mol. The van der Waals surface area contributed by atoms with E-state index >= 15 is 0 Å². The lowest BCUT2D eigenvalue weighted by atomic mass is 9.94. The zero-order valence-corrected chi connectivity index (χ0v) is 7.78. The molecule has 0 spiro atoms. The maximum absolute atomic E-state index is 5.52. The van der Waals surface area contributed by atoms with Crippen molar-refractivity contribution in [2.75, 3.05) is 6.61 Å². The summed E-state index contributed by atoms with van der Waals surface area (Å²) >= 11 is 4.55. The van der Waals surface area contributed by atoms with Crippen molar-refractivity contribution in [3.8, 4) is 0 Å². The first kappa shape index (κ1) is 8.85. The Morgan fingerprint density at radius 1 is 1.64 bits per heavy atom. The van der Waals surface area contributed by atoms with Crippen LogP contribution in [0.3, 0.4) is 0 Å². The summed E-state index contributed by atoms with van der Waals surface area (Å²) in [4.78, 5) is 4.06. The number of ether oxygens (including phenoxy) is 1. The number of rotatable bonds is 1. The zero-order valence-electron chi connectivity index (χ0n) is 6.96. The van der Waals surface area contributed by atoms with E-state index < -0.39 is 0 Å². The minimum Gasteiger partial charge on any atom is -0.375 e. The van der Waals surface area contributed by atoms with Gasteiger partial charge < -0.3 is 4.74 Å². The summed E-state index contributed by atoms with van der Waals surface area (Å²) in [6.45, 7) is 4.95. The first-order valence-electron chi connectivity index (χ1n) is 3.85. The zero-order chi connectivity index (χ0) is 8.32. The summed E-state index contributed by atoms with van der Waals surface area (Å²) in [7, 11) is 0. The van der Waals surface area contributed by atoms with Crippen LogP contribution in [0.2, 0.25) is 0 Å². The predicted molar refractivity (Wildman–Crippen MR) is 48.1 cm³/mol. The van der Waals surface area contributed by atoms with Crippen molar-refractivity contribution in [2.45, 2.75) is 38.3 Å². The lowest BCUT2D eigenvalue weighted by Crippen LogP contribution is -2.35. The Morgan fingerprint density at radius 2 is 2.36 bits per heavy atom. The van der Waals surface area contributed by atoms with Crippen molar-refractivity contribution in [2.24, 2.45) is 4.99 Å². The van der Waals surface area contributed by atoms with Gasteiger partial charge in [0.1, 0.15) is 0 Å². The second-order valence-electron chi connectivity index (χ2n) is 3.48. The molecule has 0 bridgehead atoms. The van der Waals surface area contributed by atoms with E-state index in [4.69, 9.17) is 4.74 Å². The van der Waals surface area contributed by atoms with Crippen LogP contribution in [-0.4, -0.2) is 23.4 Å². The van der Waals surface area contributed by atoms with Crippen molar-refractivity contribution in [3.05, 3.63) is 0 Å². The van der Waals surface area contributed by atoms with Crippen LogP contribution < -0.4 is 0 Å². The molecule has 1 rings (SSSR count). The molecule has 62 valence electrons. The first-order valence-corrected chi connectivity index (χ1v) is 4.26. The second-order valence-corrected chi connectivity index (χ2v) is 3.66. The standard InChI is InChI=1S/C8H13NOS/c1-8(2)5-7(9-6-11)3-4-10-8/h7H,3-5H2,1-2H3/t7-/m0/s1. The van der Waals surface area contributed by atoms with E-state index in [1.165, 1.54) is 0 Å². The topological polar surface area (TPSA) is 21.6 Å². The predicted octanol–water partition coefficient (Wildman–Crippen LogP) is 2.05. The molecule has 0 aromatic heterocycles. The summed E-state index contributed by atoms with van der Waals surface area (Å²) < 4.78 is 5.52. The molecule has 0 unspecified atom stereocenters. The molecule has 0 radical (unpaired) electrons. The highest BCUT2D eigenvalue weighted by Gasteiger charge is 2.28. The molecular formula is C8H13NOS. The van der Waals surface area contributed by atoms with E-state index in [9.17, 15) is 0 Å². The third-order valence-corrected chi connectivity index (χ3v) is 2.01. The van der Waals surface area contributed by atoms with Crippen molar-refractivity contribution in [3.63, 3.8) is 0 Å². The molecular weight excluding hydrogens is 158 g/mol. The molecule has 1 fully saturated rings. The summed E-state index contributed by atoms with van der Waals surface area (Å²) in [6.07, 6.45) is 1.93. The summed E-state index contributed by atoms with van der Waals surface area (Å²) in [5, 5.41) is 2.43. The molecule has 0 aromatic carbocycles. The van der Waals surface area contributed by atoms with Crippen molar-refractivity contribution >= 4 is 17.4 Å². The van der Waals surface area contributed by atoms with Crippen LogP contribution in [0.1, 0.15) is 26.7 Å². The number of aliphatic imine (C=N–C) groups is 1. The SMILES string of the molecule is CC1(C)C[C@@H](N=C=S)CCO1. The molecule has 0 N–H and O–H groups in total. The fourth-order valence-electron chi connectivity index (χ4n) is 1.38. The summed E-state index contributed by atoms with van der Waals surface area (Å²) in [5.41, 5.74) is -0.0292. The summed E-state index contributed by atoms with van der Waals surface area (Å²) in [5.74, 6) is 0. The number of nitrogens with zero attached hydrogens (tertiary/aromatic N) is 1. The van der Waals surface area contributed by atoms with Gasteiger partial charge in [0.15, 0.2) is 0 Å². The normalized spacial score (nSPS) is 29.1. The Bertz CT molecular complexity index is 185. The largest absolute Gasteiger partial charge is 0.375 e. The van der Waals surface area contributed by atoms with E-state index in [1.54, 1.807) is 0 Å². The van der Waals surface area contributed by atoms with Gasteiger partial charge in [0.05, 0.1) is 16.8 Å². The van der Waals surface area contributed by atoms with Crippen LogP contribution in [0.5, 0.6) is 0 Å². The molecule has 1 aliphatic heterocycles. The van der Waals surface area contributed by atoms with E-state index in [1.807, 2.05) is 0 Å². The Morgan fingerprint density at radius 3 is 2.91 bits per heavy atom. The van der Waals surface area contributed by atoms with Crippen LogP contribution in [0, 0.1) is 0 Å².